The number of benzene rings is 2. The van der Waals surface area contributed by atoms with Crippen LogP contribution in [-0.4, -0.2) is 11.0 Å². The largest absolute Gasteiger partial charge is 0.409 e. The van der Waals surface area contributed by atoms with E-state index in [2.05, 4.69) is 42.4 Å². The third-order valence-electron chi connectivity index (χ3n) is 3.12. The summed E-state index contributed by atoms with van der Waals surface area (Å²) in [6, 6.07) is 16.2. The monoisotopic (exact) mass is 286 g/mol. The highest BCUT2D eigenvalue weighted by atomic mass is 32.2. The average molecular weight is 286 g/mol. The van der Waals surface area contributed by atoms with Gasteiger partial charge in [-0.25, -0.2) is 0 Å². The fourth-order valence-electron chi connectivity index (χ4n) is 1.93. The quantitative estimate of drug-likeness (QED) is 0.382. The fourth-order valence-corrected chi connectivity index (χ4v) is 2.99. The van der Waals surface area contributed by atoms with Crippen LogP contribution in [0.5, 0.6) is 0 Å². The van der Waals surface area contributed by atoms with E-state index in [1.54, 1.807) is 0 Å². The van der Waals surface area contributed by atoms with E-state index < -0.39 is 0 Å². The molecule has 0 radical (unpaired) electrons. The zero-order valence-electron chi connectivity index (χ0n) is 11.4. The van der Waals surface area contributed by atoms with E-state index in [1.165, 1.54) is 16.7 Å². The molecule has 0 aliphatic heterocycles. The highest BCUT2D eigenvalue weighted by Crippen LogP contribution is 2.20. The Labute approximate surface area is 123 Å². The molecule has 3 N–H and O–H groups in total. The predicted octanol–water partition coefficient (Wildman–Crippen LogP) is 3.52. The van der Waals surface area contributed by atoms with E-state index in [4.69, 9.17) is 10.9 Å². The van der Waals surface area contributed by atoms with Crippen molar-refractivity contribution in [2.45, 2.75) is 18.4 Å². The first-order valence-electron chi connectivity index (χ1n) is 6.40. The Hall–Kier alpha value is -1.94. The minimum Gasteiger partial charge on any atom is -0.409 e. The maximum absolute atomic E-state index is 8.69. The Morgan fingerprint density at radius 1 is 1.15 bits per heavy atom. The van der Waals surface area contributed by atoms with Gasteiger partial charge in [0, 0.05) is 17.1 Å². The van der Waals surface area contributed by atoms with Crippen LogP contribution < -0.4 is 5.73 Å². The number of nitrogens with two attached hydrogens (primary N) is 1. The molecule has 2 aromatic rings. The maximum Gasteiger partial charge on any atom is 0.170 e. The molecule has 20 heavy (non-hydrogen) atoms. The van der Waals surface area contributed by atoms with Gasteiger partial charge < -0.3 is 10.9 Å². The van der Waals surface area contributed by atoms with Crippen molar-refractivity contribution in [1.82, 2.24) is 0 Å². The first kappa shape index (κ1) is 14.5. The summed E-state index contributed by atoms with van der Waals surface area (Å²) >= 11 is 1.86. The van der Waals surface area contributed by atoms with Crippen LogP contribution in [0.15, 0.2) is 53.7 Å². The second-order valence-corrected chi connectivity index (χ2v) is 5.59. The van der Waals surface area contributed by atoms with Crippen LogP contribution in [0, 0.1) is 6.92 Å². The molecule has 0 saturated heterocycles. The van der Waals surface area contributed by atoms with E-state index in [0.717, 1.165) is 17.1 Å². The van der Waals surface area contributed by atoms with E-state index in [1.807, 2.05) is 30.0 Å². The number of rotatable bonds is 5. The van der Waals surface area contributed by atoms with Crippen LogP contribution in [0.4, 0.5) is 0 Å². The van der Waals surface area contributed by atoms with E-state index >= 15 is 0 Å². The summed E-state index contributed by atoms with van der Waals surface area (Å²) in [6.07, 6.45) is 0. The number of oxime groups is 1. The Bertz CT molecular complexity index is 611. The van der Waals surface area contributed by atoms with Crippen LogP contribution in [0.3, 0.4) is 0 Å². The standard InChI is InChI=1S/C16H18N2OS/c1-12-5-2-3-7-15(12)11-20-10-13-6-4-8-14(9-13)16(17)18-19/h2-9,19H,10-11H2,1H3,(H2,17,18). The van der Waals surface area contributed by atoms with Gasteiger partial charge in [-0.1, -0.05) is 47.6 Å². The molecular weight excluding hydrogens is 268 g/mol. The highest BCUT2D eigenvalue weighted by molar-refractivity contribution is 7.97. The summed E-state index contributed by atoms with van der Waals surface area (Å²) < 4.78 is 0. The number of hydrogen-bond acceptors (Lipinski definition) is 3. The van der Waals surface area contributed by atoms with Gasteiger partial charge >= 0.3 is 0 Å². The molecule has 4 heteroatoms. The molecule has 104 valence electrons. The smallest absolute Gasteiger partial charge is 0.170 e. The minimum atomic E-state index is 0.149. The summed E-state index contributed by atoms with van der Waals surface area (Å²) in [5.41, 5.74) is 10.2. The molecule has 0 aromatic heterocycles. The van der Waals surface area contributed by atoms with Crippen molar-refractivity contribution < 1.29 is 5.21 Å². The topological polar surface area (TPSA) is 58.6 Å². The predicted molar refractivity (Wildman–Crippen MR) is 85.1 cm³/mol. The molecule has 0 aliphatic rings. The molecule has 2 rings (SSSR count). The molecular formula is C16H18N2OS. The van der Waals surface area contributed by atoms with Crippen LogP contribution in [0.1, 0.15) is 22.3 Å². The summed E-state index contributed by atoms with van der Waals surface area (Å²) in [5, 5.41) is 11.7. The number of hydrogen-bond donors (Lipinski definition) is 2. The zero-order chi connectivity index (χ0) is 14.4. The van der Waals surface area contributed by atoms with Crippen LogP contribution in [0.2, 0.25) is 0 Å². The van der Waals surface area contributed by atoms with Gasteiger partial charge in [0.15, 0.2) is 5.84 Å². The van der Waals surface area contributed by atoms with Crippen molar-refractivity contribution in [2.75, 3.05) is 0 Å². The van der Waals surface area contributed by atoms with Crippen molar-refractivity contribution in [3.8, 4) is 0 Å². The molecule has 2 aromatic carbocycles. The van der Waals surface area contributed by atoms with E-state index in [-0.39, 0.29) is 5.84 Å². The van der Waals surface area contributed by atoms with Gasteiger partial charge in [0.25, 0.3) is 0 Å². The molecule has 0 unspecified atom stereocenters. The van der Waals surface area contributed by atoms with Crippen molar-refractivity contribution in [2.24, 2.45) is 10.9 Å². The lowest BCUT2D eigenvalue weighted by molar-refractivity contribution is 0.318. The summed E-state index contributed by atoms with van der Waals surface area (Å²) in [6.45, 7) is 2.13. The normalized spacial score (nSPS) is 11.6. The van der Waals surface area contributed by atoms with Gasteiger partial charge in [-0.2, -0.15) is 11.8 Å². The van der Waals surface area contributed by atoms with Gasteiger partial charge in [0.2, 0.25) is 0 Å². The SMILES string of the molecule is Cc1ccccc1CSCc1cccc(C(N)=NO)c1. The molecule has 3 nitrogen and oxygen atoms in total. The number of thioether (sulfide) groups is 1. The Kier molecular flexibility index (Phi) is 5.07. The molecule has 0 aliphatic carbocycles. The molecule has 0 amide bonds. The maximum atomic E-state index is 8.69. The number of aryl methyl sites for hydroxylation is 1. The van der Waals surface area contributed by atoms with Gasteiger partial charge in [0.05, 0.1) is 0 Å². The van der Waals surface area contributed by atoms with E-state index in [0.29, 0.717) is 0 Å². The second kappa shape index (κ2) is 7.01. The third kappa shape index (κ3) is 3.78. The first-order valence-corrected chi connectivity index (χ1v) is 7.55. The van der Waals surface area contributed by atoms with Gasteiger partial charge in [-0.15, -0.1) is 0 Å². The highest BCUT2D eigenvalue weighted by Gasteiger charge is 2.02. The lowest BCUT2D eigenvalue weighted by atomic mass is 10.1. The Morgan fingerprint density at radius 3 is 2.70 bits per heavy atom. The zero-order valence-corrected chi connectivity index (χ0v) is 12.2. The van der Waals surface area contributed by atoms with Crippen LogP contribution in [-0.2, 0) is 11.5 Å². The molecule has 0 atom stereocenters. The number of nitrogens with zero attached hydrogens (tertiary/aromatic N) is 1. The van der Waals surface area contributed by atoms with Crippen molar-refractivity contribution >= 4 is 17.6 Å². The molecule has 0 saturated carbocycles. The lowest BCUT2D eigenvalue weighted by Gasteiger charge is -2.06. The number of amidine groups is 1. The Morgan fingerprint density at radius 2 is 1.95 bits per heavy atom. The van der Waals surface area contributed by atoms with Gasteiger partial charge in [0.1, 0.15) is 0 Å². The molecule has 0 fully saturated rings. The minimum absolute atomic E-state index is 0.149. The summed E-state index contributed by atoms with van der Waals surface area (Å²) in [5.74, 6) is 2.04. The molecule has 0 bridgehead atoms. The summed E-state index contributed by atoms with van der Waals surface area (Å²) in [4.78, 5) is 0. The van der Waals surface area contributed by atoms with Gasteiger partial charge in [-0.3, -0.25) is 0 Å². The molecule has 0 spiro atoms. The first-order chi connectivity index (χ1) is 9.70. The average Bonchev–Trinajstić information content (AvgIpc) is 2.49. The van der Waals surface area contributed by atoms with Crippen LogP contribution in [0.25, 0.3) is 0 Å². The second-order valence-electron chi connectivity index (χ2n) is 4.60. The Balaban J connectivity index is 1.96. The van der Waals surface area contributed by atoms with Gasteiger partial charge in [-0.05, 0) is 29.7 Å². The van der Waals surface area contributed by atoms with Crippen LogP contribution >= 0.6 is 11.8 Å². The lowest BCUT2D eigenvalue weighted by Crippen LogP contribution is -2.13. The van der Waals surface area contributed by atoms with E-state index in [9.17, 15) is 0 Å². The fraction of sp³-hybridized carbons (Fsp3) is 0.188. The third-order valence-corrected chi connectivity index (χ3v) is 4.17. The molecule has 0 heterocycles. The van der Waals surface area contributed by atoms with Crippen molar-refractivity contribution in [1.29, 1.82) is 0 Å². The van der Waals surface area contributed by atoms with Crippen molar-refractivity contribution in [3.05, 3.63) is 70.8 Å². The summed E-state index contributed by atoms with van der Waals surface area (Å²) in [7, 11) is 0. The van der Waals surface area contributed by atoms with Crippen molar-refractivity contribution in [3.63, 3.8) is 0 Å².